The number of hydrogen-bond acceptors (Lipinski definition) is 7. The molecule has 0 aliphatic rings. The Balaban J connectivity index is 1.98. The summed E-state index contributed by atoms with van der Waals surface area (Å²) < 4.78 is 11.2. The molecule has 0 aliphatic carbocycles. The van der Waals surface area contributed by atoms with Crippen LogP contribution in [0.25, 0.3) is 0 Å². The third kappa shape index (κ3) is 5.27. The molecular formula is C22H21Cl2N5O4. The van der Waals surface area contributed by atoms with E-state index in [-0.39, 0.29) is 33.3 Å². The molecule has 0 saturated heterocycles. The van der Waals surface area contributed by atoms with Crippen LogP contribution >= 0.6 is 23.2 Å². The minimum Gasteiger partial charge on any atom is -0.495 e. The van der Waals surface area contributed by atoms with Crippen molar-refractivity contribution in [2.24, 2.45) is 5.73 Å². The van der Waals surface area contributed by atoms with E-state index in [1.807, 2.05) is 13.0 Å². The first-order chi connectivity index (χ1) is 15.8. The Labute approximate surface area is 200 Å². The van der Waals surface area contributed by atoms with Gasteiger partial charge in [0.15, 0.2) is 0 Å². The molecule has 0 radical (unpaired) electrons. The number of aryl methyl sites for hydroxylation is 1. The maximum atomic E-state index is 12.4. The van der Waals surface area contributed by atoms with Crippen molar-refractivity contribution in [1.29, 1.82) is 0 Å². The predicted molar refractivity (Wildman–Crippen MR) is 126 cm³/mol. The van der Waals surface area contributed by atoms with Crippen LogP contribution in [0.5, 0.6) is 17.4 Å². The number of anilines is 2. The average Bonchev–Trinajstić information content (AvgIpc) is 2.80. The van der Waals surface area contributed by atoms with Gasteiger partial charge in [0, 0.05) is 7.05 Å². The number of nitrogens with one attached hydrogen (secondary N) is 2. The molecule has 4 N–H and O–H groups in total. The smallest absolute Gasteiger partial charge is 0.255 e. The van der Waals surface area contributed by atoms with Crippen LogP contribution in [-0.2, 0) is 6.42 Å². The number of nitrogens with zero attached hydrogens (tertiary/aromatic N) is 2. The lowest BCUT2D eigenvalue weighted by Crippen LogP contribution is -2.20. The van der Waals surface area contributed by atoms with Crippen LogP contribution in [0.4, 0.5) is 11.6 Å². The number of benzene rings is 2. The second-order valence-corrected chi connectivity index (χ2v) is 7.51. The third-order valence-corrected chi connectivity index (χ3v) is 5.24. The number of hydrogen-bond donors (Lipinski definition) is 3. The fraction of sp³-hybridized carbons (Fsp3) is 0.182. The molecule has 2 amide bonds. The number of amides is 2. The highest BCUT2D eigenvalue weighted by Gasteiger charge is 2.19. The number of halogens is 2. The van der Waals surface area contributed by atoms with Gasteiger partial charge in [-0.1, -0.05) is 42.3 Å². The minimum atomic E-state index is -0.690. The predicted octanol–water partition coefficient (Wildman–Crippen LogP) is 4.35. The summed E-state index contributed by atoms with van der Waals surface area (Å²) in [5.41, 5.74) is 7.03. The number of ether oxygens (including phenoxy) is 2. The van der Waals surface area contributed by atoms with Crippen LogP contribution in [0.2, 0.25) is 10.0 Å². The van der Waals surface area contributed by atoms with Gasteiger partial charge in [0.25, 0.3) is 5.91 Å². The van der Waals surface area contributed by atoms with Gasteiger partial charge >= 0.3 is 0 Å². The quantitative estimate of drug-likeness (QED) is 0.428. The molecule has 172 valence electrons. The fourth-order valence-corrected chi connectivity index (χ4v) is 3.44. The summed E-state index contributed by atoms with van der Waals surface area (Å²) in [6, 6.07) is 8.15. The summed E-state index contributed by atoms with van der Waals surface area (Å²) in [4.78, 5) is 32.4. The highest BCUT2D eigenvalue weighted by Crippen LogP contribution is 2.35. The van der Waals surface area contributed by atoms with Gasteiger partial charge in [-0.15, -0.1) is 0 Å². The normalized spacial score (nSPS) is 10.5. The van der Waals surface area contributed by atoms with Crippen LogP contribution in [0, 0.1) is 0 Å². The zero-order valence-electron chi connectivity index (χ0n) is 18.0. The maximum Gasteiger partial charge on any atom is 0.255 e. The third-order valence-electron chi connectivity index (χ3n) is 4.67. The highest BCUT2D eigenvalue weighted by atomic mass is 35.5. The Hall–Kier alpha value is -3.56. The lowest BCUT2D eigenvalue weighted by Gasteiger charge is -2.15. The van der Waals surface area contributed by atoms with E-state index in [1.165, 1.54) is 25.4 Å². The second kappa shape index (κ2) is 10.4. The molecule has 1 heterocycles. The van der Waals surface area contributed by atoms with Crippen LogP contribution in [0.15, 0.2) is 36.5 Å². The molecule has 0 fully saturated rings. The van der Waals surface area contributed by atoms with Crippen LogP contribution < -0.4 is 25.8 Å². The zero-order chi connectivity index (χ0) is 24.1. The minimum absolute atomic E-state index is 0.0337. The molecule has 1 aromatic heterocycles. The number of methoxy groups -OCH3 is 1. The Morgan fingerprint density at radius 3 is 2.55 bits per heavy atom. The fourth-order valence-electron chi connectivity index (χ4n) is 3.06. The molecule has 3 aromatic rings. The van der Waals surface area contributed by atoms with E-state index in [1.54, 1.807) is 19.2 Å². The average molecular weight is 490 g/mol. The van der Waals surface area contributed by atoms with E-state index < -0.39 is 5.91 Å². The first-order valence-electron chi connectivity index (χ1n) is 9.77. The summed E-state index contributed by atoms with van der Waals surface area (Å²) in [5, 5.41) is 5.83. The summed E-state index contributed by atoms with van der Waals surface area (Å²) >= 11 is 12.4. The number of carbonyl (C=O) groups excluding carboxylic acids is 2. The van der Waals surface area contributed by atoms with E-state index in [9.17, 15) is 9.59 Å². The highest BCUT2D eigenvalue weighted by molar-refractivity contribution is 6.34. The molecule has 3 rings (SSSR count). The summed E-state index contributed by atoms with van der Waals surface area (Å²) in [6.07, 6.45) is 1.98. The first kappa shape index (κ1) is 24.1. The van der Waals surface area contributed by atoms with Gasteiger partial charge in [-0.25, -0.2) is 4.98 Å². The molecule has 2 aromatic carbocycles. The Morgan fingerprint density at radius 2 is 1.91 bits per heavy atom. The first-order valence-corrected chi connectivity index (χ1v) is 10.5. The van der Waals surface area contributed by atoms with E-state index in [2.05, 4.69) is 20.6 Å². The largest absolute Gasteiger partial charge is 0.495 e. The van der Waals surface area contributed by atoms with E-state index >= 15 is 0 Å². The van der Waals surface area contributed by atoms with Crippen molar-refractivity contribution in [3.05, 3.63) is 63.3 Å². The number of primary amides is 1. The summed E-state index contributed by atoms with van der Waals surface area (Å²) in [5.74, 6) is -0.238. The zero-order valence-corrected chi connectivity index (χ0v) is 19.5. The van der Waals surface area contributed by atoms with Crippen LogP contribution in [0.3, 0.4) is 0 Å². The Morgan fingerprint density at radius 1 is 1.15 bits per heavy atom. The molecule has 9 nitrogen and oxygen atoms in total. The number of rotatable bonds is 8. The number of carbonyl (C=O) groups is 2. The number of nitrogens with two attached hydrogens (primary N) is 1. The molecular weight excluding hydrogens is 469 g/mol. The number of aromatic nitrogens is 2. The molecule has 33 heavy (non-hydrogen) atoms. The SMILES string of the molecule is CCc1cccc(Oc2nc(Nc3cc(Cl)c(C(N)=O)cc3OC)ncc2Cl)c1C(=O)NC. The maximum absolute atomic E-state index is 12.4. The molecule has 0 unspecified atom stereocenters. The van der Waals surface area contributed by atoms with Gasteiger partial charge in [-0.2, -0.15) is 4.98 Å². The van der Waals surface area contributed by atoms with Crippen LogP contribution in [0.1, 0.15) is 33.2 Å². The van der Waals surface area contributed by atoms with Crippen molar-refractivity contribution in [2.75, 3.05) is 19.5 Å². The van der Waals surface area contributed by atoms with Gasteiger partial charge in [0.05, 0.1) is 35.1 Å². The van der Waals surface area contributed by atoms with Crippen molar-refractivity contribution in [3.63, 3.8) is 0 Å². The molecule has 11 heteroatoms. The Kier molecular flexibility index (Phi) is 7.57. The Bertz CT molecular complexity index is 1220. The van der Waals surface area contributed by atoms with Gasteiger partial charge in [-0.05, 0) is 30.2 Å². The van der Waals surface area contributed by atoms with Crippen LogP contribution in [-0.4, -0.2) is 35.9 Å². The molecule has 0 saturated carbocycles. The van der Waals surface area contributed by atoms with Crippen molar-refractivity contribution < 1.29 is 19.1 Å². The van der Waals surface area contributed by atoms with E-state index in [4.69, 9.17) is 38.4 Å². The van der Waals surface area contributed by atoms with Gasteiger partial charge < -0.3 is 25.8 Å². The topological polar surface area (TPSA) is 128 Å². The lowest BCUT2D eigenvalue weighted by molar-refractivity contribution is 0.0958. The van der Waals surface area contributed by atoms with Crippen molar-refractivity contribution >= 4 is 46.7 Å². The summed E-state index contributed by atoms with van der Waals surface area (Å²) in [7, 11) is 2.97. The van der Waals surface area contributed by atoms with E-state index in [0.717, 1.165) is 5.56 Å². The summed E-state index contributed by atoms with van der Waals surface area (Å²) in [6.45, 7) is 1.94. The van der Waals surface area contributed by atoms with Crippen molar-refractivity contribution in [3.8, 4) is 17.4 Å². The van der Waals surface area contributed by atoms with E-state index in [0.29, 0.717) is 29.2 Å². The van der Waals surface area contributed by atoms with Crippen molar-refractivity contribution in [1.82, 2.24) is 15.3 Å². The van der Waals surface area contributed by atoms with Gasteiger partial charge in [-0.3, -0.25) is 9.59 Å². The monoisotopic (exact) mass is 489 g/mol. The molecule has 0 spiro atoms. The van der Waals surface area contributed by atoms with Gasteiger partial charge in [0.2, 0.25) is 17.7 Å². The molecule has 0 bridgehead atoms. The van der Waals surface area contributed by atoms with Crippen molar-refractivity contribution in [2.45, 2.75) is 13.3 Å². The molecule has 0 aliphatic heterocycles. The lowest BCUT2D eigenvalue weighted by atomic mass is 10.0. The van der Waals surface area contributed by atoms with Gasteiger partial charge in [0.1, 0.15) is 16.5 Å². The standard InChI is InChI=1S/C22H21Cl2N5O4/c1-4-11-6-5-7-16(18(11)20(31)26-2)33-21-14(24)10-27-22(29-21)28-15-9-13(23)12(19(25)30)8-17(15)32-3/h5-10H,4H2,1-3H3,(H2,25,30)(H,26,31)(H,27,28,29). The second-order valence-electron chi connectivity index (χ2n) is 6.69. The molecule has 0 atom stereocenters.